The van der Waals surface area contributed by atoms with Crippen molar-refractivity contribution >= 4 is 28.6 Å². The standard InChI is InChI=1S/C15H9ClN2O3/c16-9-4-3-7-12(14(9)15(19)20)21-13-8-17-10-5-1-2-6-11(10)18-13/h1-8H,(H,19,20). The zero-order valence-electron chi connectivity index (χ0n) is 10.7. The molecule has 0 aliphatic heterocycles. The van der Waals surface area contributed by atoms with Crippen molar-refractivity contribution in [2.45, 2.75) is 0 Å². The summed E-state index contributed by atoms with van der Waals surface area (Å²) in [6, 6.07) is 11.9. The van der Waals surface area contributed by atoms with Gasteiger partial charge in [-0.3, -0.25) is 0 Å². The van der Waals surface area contributed by atoms with Crippen LogP contribution in [-0.4, -0.2) is 21.0 Å². The number of hydrogen-bond donors (Lipinski definition) is 1. The maximum atomic E-state index is 11.2. The van der Waals surface area contributed by atoms with Crippen molar-refractivity contribution in [3.8, 4) is 11.6 Å². The van der Waals surface area contributed by atoms with Crippen molar-refractivity contribution in [2.75, 3.05) is 0 Å². The van der Waals surface area contributed by atoms with Crippen molar-refractivity contribution in [3.05, 3.63) is 59.2 Å². The lowest BCUT2D eigenvalue weighted by atomic mass is 10.2. The molecule has 3 aromatic rings. The first-order valence-electron chi connectivity index (χ1n) is 6.06. The summed E-state index contributed by atoms with van der Waals surface area (Å²) in [4.78, 5) is 19.7. The van der Waals surface area contributed by atoms with Crippen LogP contribution < -0.4 is 4.74 Å². The minimum Gasteiger partial charge on any atom is -0.478 e. The topological polar surface area (TPSA) is 72.3 Å². The summed E-state index contributed by atoms with van der Waals surface area (Å²) in [5.41, 5.74) is 1.29. The number of carboxylic acid groups (broad SMARTS) is 1. The predicted molar refractivity (Wildman–Crippen MR) is 78.0 cm³/mol. The number of aromatic carboxylic acids is 1. The largest absolute Gasteiger partial charge is 0.478 e. The van der Waals surface area contributed by atoms with Crippen LogP contribution in [0.2, 0.25) is 5.02 Å². The van der Waals surface area contributed by atoms with Crippen molar-refractivity contribution in [1.29, 1.82) is 0 Å². The molecule has 0 saturated heterocycles. The Hall–Kier alpha value is -2.66. The number of para-hydroxylation sites is 2. The molecule has 2 aromatic carbocycles. The highest BCUT2D eigenvalue weighted by Gasteiger charge is 2.16. The number of ether oxygens (including phenoxy) is 1. The smallest absolute Gasteiger partial charge is 0.341 e. The minimum absolute atomic E-state index is 0.103. The van der Waals surface area contributed by atoms with E-state index < -0.39 is 5.97 Å². The van der Waals surface area contributed by atoms with E-state index in [1.54, 1.807) is 12.1 Å². The van der Waals surface area contributed by atoms with Crippen molar-refractivity contribution in [1.82, 2.24) is 9.97 Å². The number of hydrogen-bond acceptors (Lipinski definition) is 4. The number of halogens is 1. The molecule has 0 spiro atoms. The van der Waals surface area contributed by atoms with E-state index in [4.69, 9.17) is 16.3 Å². The van der Waals surface area contributed by atoms with Gasteiger partial charge in [0.2, 0.25) is 5.88 Å². The molecule has 0 fully saturated rings. The number of aromatic nitrogens is 2. The molecule has 104 valence electrons. The second-order valence-corrected chi connectivity index (χ2v) is 4.62. The second kappa shape index (κ2) is 5.38. The van der Waals surface area contributed by atoms with Gasteiger partial charge in [-0.25, -0.2) is 14.8 Å². The van der Waals surface area contributed by atoms with E-state index in [9.17, 15) is 9.90 Å². The third-order valence-corrected chi connectivity index (χ3v) is 3.15. The van der Waals surface area contributed by atoms with Gasteiger partial charge in [-0.1, -0.05) is 29.8 Å². The van der Waals surface area contributed by atoms with Crippen LogP contribution in [-0.2, 0) is 0 Å². The molecule has 0 unspecified atom stereocenters. The molecule has 6 heteroatoms. The molecular formula is C15H9ClN2O3. The molecule has 0 aliphatic carbocycles. The molecule has 0 saturated carbocycles. The Morgan fingerprint density at radius 1 is 1.10 bits per heavy atom. The Balaban J connectivity index is 2.02. The van der Waals surface area contributed by atoms with Gasteiger partial charge in [0.15, 0.2) is 0 Å². The fourth-order valence-corrected chi connectivity index (χ4v) is 2.15. The van der Waals surface area contributed by atoms with Crippen molar-refractivity contribution in [3.63, 3.8) is 0 Å². The SMILES string of the molecule is O=C(O)c1c(Cl)cccc1Oc1cnc2ccccc2n1. The van der Waals surface area contributed by atoms with Gasteiger partial charge < -0.3 is 9.84 Å². The van der Waals surface area contributed by atoms with Gasteiger partial charge in [0.1, 0.15) is 11.3 Å². The van der Waals surface area contributed by atoms with Crippen LogP contribution in [0.5, 0.6) is 11.6 Å². The van der Waals surface area contributed by atoms with E-state index >= 15 is 0 Å². The van der Waals surface area contributed by atoms with E-state index in [0.717, 1.165) is 5.52 Å². The third-order valence-electron chi connectivity index (χ3n) is 2.83. The monoisotopic (exact) mass is 300 g/mol. The number of benzene rings is 2. The van der Waals surface area contributed by atoms with Gasteiger partial charge >= 0.3 is 5.97 Å². The maximum absolute atomic E-state index is 11.2. The number of nitrogens with zero attached hydrogens (tertiary/aromatic N) is 2. The molecule has 0 amide bonds. The molecule has 0 radical (unpaired) electrons. The summed E-state index contributed by atoms with van der Waals surface area (Å²) in [5.74, 6) is -0.831. The maximum Gasteiger partial charge on any atom is 0.341 e. The first-order valence-corrected chi connectivity index (χ1v) is 6.44. The minimum atomic E-state index is -1.16. The van der Waals surface area contributed by atoms with Gasteiger partial charge in [0.25, 0.3) is 0 Å². The van der Waals surface area contributed by atoms with E-state index in [2.05, 4.69) is 9.97 Å². The average molecular weight is 301 g/mol. The summed E-state index contributed by atoms with van der Waals surface area (Å²) in [5, 5.41) is 9.30. The Labute approximate surface area is 124 Å². The third kappa shape index (κ3) is 2.64. The van der Waals surface area contributed by atoms with E-state index in [1.165, 1.54) is 18.3 Å². The van der Waals surface area contributed by atoms with Crippen LogP contribution in [0.3, 0.4) is 0 Å². The van der Waals surface area contributed by atoms with Gasteiger partial charge in [-0.15, -0.1) is 0 Å². The van der Waals surface area contributed by atoms with Crippen LogP contribution in [0.15, 0.2) is 48.7 Å². The summed E-state index contributed by atoms with van der Waals surface area (Å²) < 4.78 is 5.52. The van der Waals surface area contributed by atoms with Crippen LogP contribution in [0.4, 0.5) is 0 Å². The van der Waals surface area contributed by atoms with Gasteiger partial charge in [0.05, 0.1) is 22.3 Å². The Kier molecular flexibility index (Phi) is 3.41. The summed E-state index contributed by atoms with van der Waals surface area (Å²) in [6.45, 7) is 0. The lowest BCUT2D eigenvalue weighted by Crippen LogP contribution is -2.02. The zero-order chi connectivity index (χ0) is 14.8. The fourth-order valence-electron chi connectivity index (χ4n) is 1.90. The number of carboxylic acids is 1. The molecule has 21 heavy (non-hydrogen) atoms. The lowest BCUT2D eigenvalue weighted by Gasteiger charge is -2.09. The number of fused-ring (bicyclic) bond motifs is 1. The van der Waals surface area contributed by atoms with E-state index in [0.29, 0.717) is 5.52 Å². The lowest BCUT2D eigenvalue weighted by molar-refractivity contribution is 0.0694. The van der Waals surface area contributed by atoms with E-state index in [1.807, 2.05) is 18.2 Å². The van der Waals surface area contributed by atoms with Crippen molar-refractivity contribution < 1.29 is 14.6 Å². The van der Waals surface area contributed by atoms with Gasteiger partial charge in [-0.05, 0) is 24.3 Å². The van der Waals surface area contributed by atoms with Gasteiger partial charge in [-0.2, -0.15) is 0 Å². The number of rotatable bonds is 3. The molecule has 0 bridgehead atoms. The Bertz CT molecular complexity index is 836. The van der Waals surface area contributed by atoms with Crippen LogP contribution >= 0.6 is 11.6 Å². The second-order valence-electron chi connectivity index (χ2n) is 4.22. The quantitative estimate of drug-likeness (QED) is 0.797. The Morgan fingerprint density at radius 3 is 2.62 bits per heavy atom. The molecule has 0 aliphatic rings. The normalized spacial score (nSPS) is 10.5. The number of carbonyl (C=O) groups is 1. The average Bonchev–Trinajstić information content (AvgIpc) is 2.47. The molecular weight excluding hydrogens is 292 g/mol. The first kappa shape index (κ1) is 13.3. The van der Waals surface area contributed by atoms with Crippen molar-refractivity contribution in [2.24, 2.45) is 0 Å². The summed E-state index contributed by atoms with van der Waals surface area (Å²) in [6.07, 6.45) is 1.44. The highest BCUT2D eigenvalue weighted by atomic mass is 35.5. The molecule has 1 heterocycles. The molecule has 0 atom stereocenters. The molecule has 1 aromatic heterocycles. The highest BCUT2D eigenvalue weighted by Crippen LogP contribution is 2.29. The molecule has 3 rings (SSSR count). The Morgan fingerprint density at radius 2 is 1.86 bits per heavy atom. The van der Waals surface area contributed by atoms with Gasteiger partial charge in [0, 0.05) is 0 Å². The summed E-state index contributed by atoms with van der Waals surface area (Å²) >= 11 is 5.89. The zero-order valence-corrected chi connectivity index (χ0v) is 11.4. The molecule has 1 N–H and O–H groups in total. The van der Waals surface area contributed by atoms with Crippen LogP contribution in [0.1, 0.15) is 10.4 Å². The fraction of sp³-hybridized carbons (Fsp3) is 0. The predicted octanol–water partition coefficient (Wildman–Crippen LogP) is 3.77. The van der Waals surface area contributed by atoms with E-state index in [-0.39, 0.29) is 22.2 Å². The highest BCUT2D eigenvalue weighted by molar-refractivity contribution is 6.33. The van der Waals surface area contributed by atoms with Crippen LogP contribution in [0, 0.1) is 0 Å². The van der Waals surface area contributed by atoms with Crippen LogP contribution in [0.25, 0.3) is 11.0 Å². The molecule has 5 nitrogen and oxygen atoms in total. The summed E-state index contributed by atoms with van der Waals surface area (Å²) in [7, 11) is 0. The first-order chi connectivity index (χ1) is 10.1.